The van der Waals surface area contributed by atoms with Crippen LogP contribution in [0.2, 0.25) is 0 Å². The molecule has 2 atom stereocenters. The van der Waals surface area contributed by atoms with Crippen LogP contribution in [0.1, 0.15) is 69.7 Å². The summed E-state index contributed by atoms with van der Waals surface area (Å²) in [6.07, 6.45) is 7.85. The van der Waals surface area contributed by atoms with E-state index in [0.717, 1.165) is 29.2 Å². The van der Waals surface area contributed by atoms with E-state index in [1.807, 2.05) is 84.9 Å². The Morgan fingerprint density at radius 1 is 0.870 bits per heavy atom. The molecule has 0 aromatic heterocycles. The monoisotopic (exact) mass is 617 g/mol. The number of nitrogens with zero attached hydrogens (tertiary/aromatic N) is 1. The van der Waals surface area contributed by atoms with Gasteiger partial charge in [0.2, 0.25) is 5.91 Å². The smallest absolute Gasteiger partial charge is 0.408 e. The van der Waals surface area contributed by atoms with Crippen molar-refractivity contribution in [2.75, 3.05) is 11.9 Å². The maximum atomic E-state index is 14.7. The van der Waals surface area contributed by atoms with Crippen LogP contribution in [-0.2, 0) is 20.7 Å². The molecule has 0 radical (unpaired) electrons. The van der Waals surface area contributed by atoms with E-state index in [1.165, 1.54) is 0 Å². The predicted molar refractivity (Wildman–Crippen MR) is 184 cm³/mol. The van der Waals surface area contributed by atoms with E-state index < -0.39 is 35.6 Å². The van der Waals surface area contributed by atoms with Crippen molar-refractivity contribution < 1.29 is 19.1 Å². The normalized spacial score (nSPS) is 12.4. The molecule has 0 saturated heterocycles. The van der Waals surface area contributed by atoms with Crippen LogP contribution in [0.3, 0.4) is 0 Å². The zero-order chi connectivity index (χ0) is 33.1. The minimum atomic E-state index is -1.07. The van der Waals surface area contributed by atoms with Crippen molar-refractivity contribution in [1.82, 2.24) is 10.2 Å². The molecular weight excluding hydrogens is 574 g/mol. The summed E-state index contributed by atoms with van der Waals surface area (Å²) in [4.78, 5) is 43.7. The zero-order valence-corrected chi connectivity index (χ0v) is 27.1. The van der Waals surface area contributed by atoms with Gasteiger partial charge in [-0.2, -0.15) is 0 Å². The highest BCUT2D eigenvalue weighted by molar-refractivity contribution is 6.00. The van der Waals surface area contributed by atoms with Crippen LogP contribution in [-0.4, -0.2) is 41.0 Å². The Morgan fingerprint density at radius 2 is 1.54 bits per heavy atom. The number of terminal acetylenes is 1. The fourth-order valence-electron chi connectivity index (χ4n) is 5.39. The molecule has 0 bridgehead atoms. The van der Waals surface area contributed by atoms with Gasteiger partial charge in [-0.1, -0.05) is 105 Å². The van der Waals surface area contributed by atoms with E-state index in [4.69, 9.17) is 11.2 Å². The number of rotatable bonds is 12. The number of fused-ring (bicyclic) bond motifs is 1. The van der Waals surface area contributed by atoms with Gasteiger partial charge in [0.05, 0.1) is 0 Å². The summed E-state index contributed by atoms with van der Waals surface area (Å²) in [5, 5.41) is 7.89. The molecule has 0 aliphatic rings. The first-order valence-electron chi connectivity index (χ1n) is 15.8. The van der Waals surface area contributed by atoms with Crippen LogP contribution < -0.4 is 10.6 Å². The number of carbonyl (C=O) groups excluding carboxylic acids is 3. The Hall–Kier alpha value is -5.09. The van der Waals surface area contributed by atoms with E-state index in [2.05, 4.69) is 23.5 Å². The lowest BCUT2D eigenvalue weighted by molar-refractivity contribution is -0.140. The van der Waals surface area contributed by atoms with Crippen LogP contribution in [0.15, 0.2) is 97.1 Å². The maximum absolute atomic E-state index is 14.7. The van der Waals surface area contributed by atoms with Gasteiger partial charge in [0, 0.05) is 24.2 Å². The fourth-order valence-corrected chi connectivity index (χ4v) is 5.39. The number of hydrogen-bond donors (Lipinski definition) is 2. The van der Waals surface area contributed by atoms with E-state index in [1.54, 1.807) is 37.8 Å². The van der Waals surface area contributed by atoms with Crippen molar-refractivity contribution in [3.05, 3.63) is 114 Å². The second-order valence-electron chi connectivity index (χ2n) is 12.3. The molecule has 2 N–H and O–H groups in total. The number of ether oxygens (including phenoxy) is 1. The quantitative estimate of drug-likeness (QED) is 0.126. The average molecular weight is 618 g/mol. The van der Waals surface area contributed by atoms with E-state index in [-0.39, 0.29) is 13.0 Å². The number of carbonyl (C=O) groups is 3. The van der Waals surface area contributed by atoms with Gasteiger partial charge in [-0.05, 0) is 67.3 Å². The molecular formula is C39H43N3O4. The number of hydrogen-bond acceptors (Lipinski definition) is 4. The molecule has 2 unspecified atom stereocenters. The first-order valence-corrected chi connectivity index (χ1v) is 15.8. The van der Waals surface area contributed by atoms with Gasteiger partial charge in [0.1, 0.15) is 17.7 Å². The standard InChI is InChI=1S/C39H43N3O4/c1-6-8-16-25-42(37(44)34(26-28-17-10-9-11-18-28)41-38(45)46-39(3,4)5)35(33-22-15-14-19-29(33)7-2)36(43)40-32-24-23-30-20-12-13-21-31(30)27-32/h2,9-15,17-24,27,34-35H,6,8,16,25-26H2,1,3-5H3,(H,40,43)(H,41,45). The van der Waals surface area contributed by atoms with Crippen LogP contribution in [0.4, 0.5) is 10.5 Å². The van der Waals surface area contributed by atoms with Gasteiger partial charge >= 0.3 is 6.09 Å². The Balaban J connectivity index is 1.78. The molecule has 4 rings (SSSR count). The highest BCUT2D eigenvalue weighted by atomic mass is 16.6. The van der Waals surface area contributed by atoms with Crippen molar-refractivity contribution in [1.29, 1.82) is 0 Å². The fraction of sp³-hybridized carbons (Fsp3) is 0.308. The molecule has 0 saturated carbocycles. The summed E-state index contributed by atoms with van der Waals surface area (Å²) in [6.45, 7) is 7.65. The van der Waals surface area contributed by atoms with Crippen molar-refractivity contribution in [2.24, 2.45) is 0 Å². The van der Waals surface area contributed by atoms with Gasteiger partial charge in [-0.3, -0.25) is 9.59 Å². The average Bonchev–Trinajstić information content (AvgIpc) is 3.03. The van der Waals surface area contributed by atoms with E-state index >= 15 is 0 Å². The van der Waals surface area contributed by atoms with E-state index in [0.29, 0.717) is 23.2 Å². The topological polar surface area (TPSA) is 87.7 Å². The Labute approximate surface area is 272 Å². The second-order valence-corrected chi connectivity index (χ2v) is 12.3. The summed E-state index contributed by atoms with van der Waals surface area (Å²) in [5.74, 6) is 1.89. The molecule has 4 aromatic carbocycles. The number of nitrogens with one attached hydrogen (secondary N) is 2. The molecule has 3 amide bonds. The van der Waals surface area contributed by atoms with Gasteiger partial charge in [0.25, 0.3) is 5.91 Å². The predicted octanol–water partition coefficient (Wildman–Crippen LogP) is 7.66. The molecule has 0 aliphatic carbocycles. The lowest BCUT2D eigenvalue weighted by Crippen LogP contribution is -2.53. The Morgan fingerprint density at radius 3 is 2.24 bits per heavy atom. The summed E-state index contributed by atoms with van der Waals surface area (Å²) in [7, 11) is 0. The second kappa shape index (κ2) is 15.8. The van der Waals surface area contributed by atoms with Crippen molar-refractivity contribution in [2.45, 2.75) is 71.1 Å². The highest BCUT2D eigenvalue weighted by Crippen LogP contribution is 2.29. The van der Waals surface area contributed by atoms with Crippen molar-refractivity contribution >= 4 is 34.4 Å². The van der Waals surface area contributed by atoms with Crippen LogP contribution in [0, 0.1) is 12.3 Å². The summed E-state index contributed by atoms with van der Waals surface area (Å²) < 4.78 is 5.55. The first-order chi connectivity index (χ1) is 22.1. The summed E-state index contributed by atoms with van der Waals surface area (Å²) >= 11 is 0. The first kappa shape index (κ1) is 33.8. The van der Waals surface area contributed by atoms with Gasteiger partial charge in [-0.25, -0.2) is 4.79 Å². The van der Waals surface area contributed by atoms with Gasteiger partial charge < -0.3 is 20.3 Å². The Kier molecular flexibility index (Phi) is 11.6. The minimum Gasteiger partial charge on any atom is -0.444 e. The number of benzene rings is 4. The minimum absolute atomic E-state index is 0.207. The zero-order valence-electron chi connectivity index (χ0n) is 27.1. The summed E-state index contributed by atoms with van der Waals surface area (Å²) in [5.41, 5.74) is 1.73. The largest absolute Gasteiger partial charge is 0.444 e. The molecule has 0 heterocycles. The molecule has 7 nitrogen and oxygen atoms in total. The van der Waals surface area contributed by atoms with E-state index in [9.17, 15) is 14.4 Å². The number of amides is 3. The van der Waals surface area contributed by atoms with Crippen LogP contribution in [0.25, 0.3) is 10.8 Å². The third-order valence-electron chi connectivity index (χ3n) is 7.55. The highest BCUT2D eigenvalue weighted by Gasteiger charge is 2.37. The van der Waals surface area contributed by atoms with Crippen LogP contribution in [0.5, 0.6) is 0 Å². The Bertz CT molecular complexity index is 1690. The molecule has 0 spiro atoms. The van der Waals surface area contributed by atoms with Crippen molar-refractivity contribution in [3.63, 3.8) is 0 Å². The van der Waals surface area contributed by atoms with Crippen molar-refractivity contribution in [3.8, 4) is 12.3 Å². The summed E-state index contributed by atoms with van der Waals surface area (Å²) in [6, 6.07) is 28.1. The molecule has 238 valence electrons. The number of unbranched alkanes of at least 4 members (excludes halogenated alkanes) is 2. The SMILES string of the molecule is C#Cc1ccccc1C(C(=O)Nc1ccc2ccccc2c1)N(CCCCC)C(=O)C(Cc1ccccc1)NC(=O)OC(C)(C)C. The number of alkyl carbamates (subject to hydrolysis) is 1. The van der Waals surface area contributed by atoms with Gasteiger partial charge in [-0.15, -0.1) is 6.42 Å². The molecule has 0 aliphatic heterocycles. The third-order valence-corrected chi connectivity index (χ3v) is 7.55. The molecule has 46 heavy (non-hydrogen) atoms. The maximum Gasteiger partial charge on any atom is 0.408 e. The molecule has 0 fully saturated rings. The van der Waals surface area contributed by atoms with Crippen LogP contribution >= 0.6 is 0 Å². The lowest BCUT2D eigenvalue weighted by Gasteiger charge is -2.35. The third kappa shape index (κ3) is 9.21. The molecule has 4 aromatic rings. The molecule has 7 heteroatoms. The lowest BCUT2D eigenvalue weighted by atomic mass is 9.96. The number of anilines is 1. The van der Waals surface area contributed by atoms with Gasteiger partial charge in [0.15, 0.2) is 0 Å².